The average Bonchev–Trinajstić information content (AvgIpc) is 2.27. The van der Waals surface area contributed by atoms with Gasteiger partial charge in [0.05, 0.1) is 12.2 Å². The first-order chi connectivity index (χ1) is 5.74. The molecule has 2 aliphatic rings. The summed E-state index contributed by atoms with van der Waals surface area (Å²) in [6.07, 6.45) is 5.56. The molecule has 3 atom stereocenters. The number of hydrogen-bond acceptors (Lipinski definition) is 3. The van der Waals surface area contributed by atoms with E-state index in [2.05, 4.69) is 17.5 Å². The Morgan fingerprint density at radius 2 is 2.58 bits per heavy atom. The molecule has 2 aliphatic heterocycles. The maximum atomic E-state index is 9.53. The van der Waals surface area contributed by atoms with Crippen LogP contribution in [0.1, 0.15) is 12.8 Å². The van der Waals surface area contributed by atoms with Crippen molar-refractivity contribution in [2.45, 2.75) is 30.7 Å². The molecule has 0 aromatic rings. The fraction of sp³-hybridized carbons (Fsp3) is 0.778. The Kier molecular flexibility index (Phi) is 1.94. The molecule has 3 heteroatoms. The van der Waals surface area contributed by atoms with Crippen LogP contribution >= 0.6 is 0 Å². The van der Waals surface area contributed by atoms with Gasteiger partial charge in [-0.05, 0) is 7.05 Å². The molecule has 0 aromatic carbocycles. The summed E-state index contributed by atoms with van der Waals surface area (Å²) in [6.45, 7) is 0.789. The Balaban J connectivity index is 2.10. The van der Waals surface area contributed by atoms with E-state index in [1.165, 1.54) is 0 Å². The molecule has 2 rings (SSSR count). The summed E-state index contributed by atoms with van der Waals surface area (Å²) in [5.74, 6) is 0. The first kappa shape index (κ1) is 8.23. The SMILES string of the molecule is CNC[C@@]12C=C[C@H](C[C@H](O)C1)O2. The predicted octanol–water partition coefficient (Wildman–Crippen LogP) is 0.0543. The van der Waals surface area contributed by atoms with E-state index in [1.54, 1.807) is 0 Å². The highest BCUT2D eigenvalue weighted by Gasteiger charge is 2.41. The fourth-order valence-electron chi connectivity index (χ4n) is 2.13. The molecule has 12 heavy (non-hydrogen) atoms. The third kappa shape index (κ3) is 1.28. The second-order valence-corrected chi connectivity index (χ2v) is 3.70. The zero-order valence-electron chi connectivity index (χ0n) is 7.29. The van der Waals surface area contributed by atoms with Crippen LogP contribution in [0.25, 0.3) is 0 Å². The standard InChI is InChI=1S/C9H15NO2/c1-10-6-9-3-2-8(12-9)4-7(11)5-9/h2-3,7-8,10-11H,4-6H2,1H3/t7-,8+,9+/m0/s1. The molecule has 0 saturated carbocycles. The van der Waals surface area contributed by atoms with Crippen molar-refractivity contribution in [3.05, 3.63) is 12.2 Å². The van der Waals surface area contributed by atoms with Crippen molar-refractivity contribution in [1.29, 1.82) is 0 Å². The molecule has 68 valence electrons. The topological polar surface area (TPSA) is 41.5 Å². The smallest absolute Gasteiger partial charge is 0.102 e. The lowest BCUT2D eigenvalue weighted by atomic mass is 9.94. The minimum absolute atomic E-state index is 0.141. The molecule has 0 spiro atoms. The highest BCUT2D eigenvalue weighted by molar-refractivity contribution is 5.16. The van der Waals surface area contributed by atoms with Gasteiger partial charge in [0.25, 0.3) is 0 Å². The Morgan fingerprint density at radius 1 is 1.75 bits per heavy atom. The average molecular weight is 169 g/mol. The largest absolute Gasteiger partial charge is 0.393 e. The molecule has 0 aromatic heterocycles. The molecular formula is C9H15NO2. The van der Waals surface area contributed by atoms with E-state index in [1.807, 2.05) is 7.05 Å². The van der Waals surface area contributed by atoms with Crippen LogP contribution in [-0.2, 0) is 4.74 Å². The van der Waals surface area contributed by atoms with E-state index in [9.17, 15) is 5.11 Å². The zero-order valence-corrected chi connectivity index (χ0v) is 7.29. The maximum absolute atomic E-state index is 9.53. The van der Waals surface area contributed by atoms with Crippen LogP contribution in [-0.4, -0.2) is 36.5 Å². The van der Waals surface area contributed by atoms with Crippen LogP contribution in [0, 0.1) is 0 Å². The molecule has 0 amide bonds. The lowest BCUT2D eigenvalue weighted by molar-refractivity contribution is -0.102. The molecule has 1 fully saturated rings. The van der Waals surface area contributed by atoms with Gasteiger partial charge in [0.15, 0.2) is 0 Å². The Bertz CT molecular complexity index is 205. The monoisotopic (exact) mass is 169 g/mol. The van der Waals surface area contributed by atoms with Crippen LogP contribution in [0.3, 0.4) is 0 Å². The van der Waals surface area contributed by atoms with Gasteiger partial charge >= 0.3 is 0 Å². The van der Waals surface area contributed by atoms with Crippen molar-refractivity contribution >= 4 is 0 Å². The number of aliphatic hydroxyl groups excluding tert-OH is 1. The van der Waals surface area contributed by atoms with Crippen LogP contribution in [0.5, 0.6) is 0 Å². The number of fused-ring (bicyclic) bond motifs is 2. The summed E-state index contributed by atoms with van der Waals surface area (Å²) in [5.41, 5.74) is -0.225. The minimum atomic E-state index is -0.225. The van der Waals surface area contributed by atoms with E-state index < -0.39 is 0 Å². The van der Waals surface area contributed by atoms with Crippen molar-refractivity contribution in [2.75, 3.05) is 13.6 Å². The maximum Gasteiger partial charge on any atom is 0.102 e. The van der Waals surface area contributed by atoms with Gasteiger partial charge in [0.1, 0.15) is 5.60 Å². The molecular weight excluding hydrogens is 154 g/mol. The van der Waals surface area contributed by atoms with Gasteiger partial charge in [-0.1, -0.05) is 12.2 Å². The molecule has 1 saturated heterocycles. The number of nitrogens with one attached hydrogen (secondary N) is 1. The molecule has 2 N–H and O–H groups in total. The van der Waals surface area contributed by atoms with Crippen molar-refractivity contribution in [3.63, 3.8) is 0 Å². The Labute approximate surface area is 72.4 Å². The van der Waals surface area contributed by atoms with Gasteiger partial charge in [0, 0.05) is 19.4 Å². The summed E-state index contributed by atoms with van der Waals surface area (Å²) in [5, 5.41) is 12.6. The zero-order chi connectivity index (χ0) is 8.60. The number of likely N-dealkylation sites (N-methyl/N-ethyl adjacent to an activating group) is 1. The second-order valence-electron chi connectivity index (χ2n) is 3.70. The van der Waals surface area contributed by atoms with E-state index >= 15 is 0 Å². The summed E-state index contributed by atoms with van der Waals surface area (Å²) in [4.78, 5) is 0. The molecule has 0 unspecified atom stereocenters. The first-order valence-corrected chi connectivity index (χ1v) is 4.44. The quantitative estimate of drug-likeness (QED) is 0.574. The molecule has 3 nitrogen and oxygen atoms in total. The molecule has 2 bridgehead atoms. The van der Waals surface area contributed by atoms with E-state index in [0.717, 1.165) is 19.4 Å². The molecule has 2 heterocycles. The van der Waals surface area contributed by atoms with Gasteiger partial charge in [0.2, 0.25) is 0 Å². The van der Waals surface area contributed by atoms with Gasteiger partial charge in [-0.2, -0.15) is 0 Å². The lowest BCUT2D eigenvalue weighted by Gasteiger charge is -2.35. The van der Waals surface area contributed by atoms with Gasteiger partial charge < -0.3 is 15.2 Å². The van der Waals surface area contributed by atoms with E-state index in [0.29, 0.717) is 0 Å². The van der Waals surface area contributed by atoms with Gasteiger partial charge in [-0.15, -0.1) is 0 Å². The molecule has 0 aliphatic carbocycles. The Hall–Kier alpha value is -0.380. The number of ether oxygens (including phenoxy) is 1. The van der Waals surface area contributed by atoms with Crippen LogP contribution < -0.4 is 5.32 Å². The van der Waals surface area contributed by atoms with Crippen molar-refractivity contribution < 1.29 is 9.84 Å². The second kappa shape index (κ2) is 2.83. The van der Waals surface area contributed by atoms with Crippen molar-refractivity contribution in [1.82, 2.24) is 5.32 Å². The van der Waals surface area contributed by atoms with Crippen LogP contribution in [0.2, 0.25) is 0 Å². The van der Waals surface area contributed by atoms with Crippen LogP contribution in [0.15, 0.2) is 12.2 Å². The highest BCUT2D eigenvalue weighted by Crippen LogP contribution is 2.35. The third-order valence-electron chi connectivity index (χ3n) is 2.56. The number of aliphatic hydroxyl groups is 1. The van der Waals surface area contributed by atoms with Gasteiger partial charge in [-0.25, -0.2) is 0 Å². The fourth-order valence-corrected chi connectivity index (χ4v) is 2.13. The normalized spacial score (nSPS) is 45.2. The van der Waals surface area contributed by atoms with Crippen molar-refractivity contribution in [3.8, 4) is 0 Å². The van der Waals surface area contributed by atoms with E-state index in [-0.39, 0.29) is 17.8 Å². The lowest BCUT2D eigenvalue weighted by Crippen LogP contribution is -2.46. The minimum Gasteiger partial charge on any atom is -0.393 e. The van der Waals surface area contributed by atoms with Gasteiger partial charge in [-0.3, -0.25) is 0 Å². The number of rotatable bonds is 2. The molecule has 0 radical (unpaired) electrons. The highest BCUT2D eigenvalue weighted by atomic mass is 16.5. The number of hydrogen-bond donors (Lipinski definition) is 2. The predicted molar refractivity (Wildman–Crippen MR) is 45.9 cm³/mol. The van der Waals surface area contributed by atoms with E-state index in [4.69, 9.17) is 4.74 Å². The summed E-state index contributed by atoms with van der Waals surface area (Å²) in [6, 6.07) is 0. The first-order valence-electron chi connectivity index (χ1n) is 4.44. The van der Waals surface area contributed by atoms with Crippen LogP contribution in [0.4, 0.5) is 0 Å². The summed E-state index contributed by atoms with van der Waals surface area (Å²) < 4.78 is 5.76. The summed E-state index contributed by atoms with van der Waals surface area (Å²) in [7, 11) is 1.90. The summed E-state index contributed by atoms with van der Waals surface area (Å²) >= 11 is 0. The third-order valence-corrected chi connectivity index (χ3v) is 2.56. The Morgan fingerprint density at radius 3 is 3.33 bits per heavy atom. The van der Waals surface area contributed by atoms with Crippen molar-refractivity contribution in [2.24, 2.45) is 0 Å².